The number of benzene rings is 2. The fraction of sp³-hybridized carbons (Fsp3) is 0.278. The Labute approximate surface area is 170 Å². The molecule has 7 nitrogen and oxygen atoms in total. The molecule has 0 aliphatic carbocycles. The summed E-state index contributed by atoms with van der Waals surface area (Å²) in [5.41, 5.74) is 1.50. The summed E-state index contributed by atoms with van der Waals surface area (Å²) in [5, 5.41) is 14.2. The van der Waals surface area contributed by atoms with Gasteiger partial charge in [0.15, 0.2) is 0 Å². The molecule has 0 saturated carbocycles. The highest BCUT2D eigenvalue weighted by Gasteiger charge is 2.20. The number of amides is 1. The van der Waals surface area contributed by atoms with Gasteiger partial charge in [-0.15, -0.1) is 0 Å². The molecule has 2 aromatic rings. The van der Waals surface area contributed by atoms with Gasteiger partial charge in [-0.25, -0.2) is 0 Å². The number of rotatable bonds is 5. The Morgan fingerprint density at radius 3 is 2.59 bits per heavy atom. The zero-order valence-corrected chi connectivity index (χ0v) is 16.7. The number of nitro benzene ring substituents is 1. The lowest BCUT2D eigenvalue weighted by Gasteiger charge is -2.35. The second kappa shape index (κ2) is 8.69. The van der Waals surface area contributed by atoms with Gasteiger partial charge < -0.3 is 10.2 Å². The van der Waals surface area contributed by atoms with E-state index in [2.05, 4.69) is 31.0 Å². The highest BCUT2D eigenvalue weighted by Crippen LogP contribution is 2.26. The van der Waals surface area contributed by atoms with E-state index in [1.165, 1.54) is 6.07 Å². The number of nitro groups is 1. The normalized spacial score (nSPS) is 14.8. The number of hydrogen-bond acceptors (Lipinski definition) is 5. The quantitative estimate of drug-likeness (QED) is 0.551. The van der Waals surface area contributed by atoms with Crippen molar-refractivity contribution in [1.29, 1.82) is 0 Å². The highest BCUT2D eigenvalue weighted by atomic mass is 79.9. The minimum atomic E-state index is -0.392. The lowest BCUT2D eigenvalue weighted by atomic mass is 10.2. The second-order valence-corrected chi connectivity index (χ2v) is 7.54. The molecule has 1 fully saturated rings. The first-order chi connectivity index (χ1) is 12.9. The van der Waals surface area contributed by atoms with Crippen LogP contribution in [0.15, 0.2) is 46.9 Å². The van der Waals surface area contributed by atoms with Gasteiger partial charge in [0.1, 0.15) is 0 Å². The van der Waals surface area contributed by atoms with Crippen LogP contribution < -0.4 is 10.2 Å². The molecule has 9 heteroatoms. The van der Waals surface area contributed by atoms with E-state index in [1.807, 2.05) is 12.1 Å². The molecule has 27 heavy (non-hydrogen) atoms. The molecule has 3 rings (SSSR count). The van der Waals surface area contributed by atoms with E-state index in [4.69, 9.17) is 11.6 Å². The van der Waals surface area contributed by atoms with Gasteiger partial charge in [0.25, 0.3) is 5.69 Å². The molecule has 0 atom stereocenters. The van der Waals surface area contributed by atoms with Crippen molar-refractivity contribution >= 4 is 50.5 Å². The van der Waals surface area contributed by atoms with Crippen molar-refractivity contribution < 1.29 is 9.72 Å². The average molecular weight is 454 g/mol. The van der Waals surface area contributed by atoms with Gasteiger partial charge >= 0.3 is 0 Å². The smallest absolute Gasteiger partial charge is 0.271 e. The maximum absolute atomic E-state index is 12.3. The number of hydrogen-bond donors (Lipinski definition) is 1. The van der Waals surface area contributed by atoms with Gasteiger partial charge in [-0.2, -0.15) is 0 Å². The zero-order valence-electron chi connectivity index (χ0n) is 14.4. The van der Waals surface area contributed by atoms with Crippen LogP contribution in [0, 0.1) is 10.1 Å². The van der Waals surface area contributed by atoms with Crippen molar-refractivity contribution in [3.63, 3.8) is 0 Å². The zero-order chi connectivity index (χ0) is 19.4. The Bertz CT molecular complexity index is 856. The molecule has 2 aromatic carbocycles. The van der Waals surface area contributed by atoms with E-state index in [-0.39, 0.29) is 18.1 Å². The van der Waals surface area contributed by atoms with Crippen molar-refractivity contribution in [2.45, 2.75) is 0 Å². The van der Waals surface area contributed by atoms with Crippen molar-refractivity contribution in [3.05, 3.63) is 62.1 Å². The molecule has 142 valence electrons. The number of nitrogens with one attached hydrogen (secondary N) is 1. The van der Waals surface area contributed by atoms with Gasteiger partial charge in [0, 0.05) is 48.5 Å². The number of halogens is 2. The molecule has 1 amide bonds. The fourth-order valence-corrected chi connectivity index (χ4v) is 3.67. The lowest BCUT2D eigenvalue weighted by molar-refractivity contribution is -0.384. The third-order valence-electron chi connectivity index (χ3n) is 4.35. The van der Waals surface area contributed by atoms with Crippen LogP contribution in [-0.2, 0) is 4.79 Å². The van der Waals surface area contributed by atoms with Gasteiger partial charge in [-0.05, 0) is 24.3 Å². The molecule has 1 N–H and O–H groups in total. The van der Waals surface area contributed by atoms with Gasteiger partial charge in [0.2, 0.25) is 5.91 Å². The van der Waals surface area contributed by atoms with Crippen LogP contribution in [0.25, 0.3) is 0 Å². The Balaban J connectivity index is 1.52. The molecule has 0 bridgehead atoms. The predicted octanol–water partition coefficient (Wildman–Crippen LogP) is 3.77. The van der Waals surface area contributed by atoms with E-state index < -0.39 is 4.92 Å². The summed E-state index contributed by atoms with van der Waals surface area (Å²) >= 11 is 9.46. The molecular formula is C18H18BrClN4O3. The Morgan fingerprint density at radius 2 is 1.93 bits per heavy atom. The highest BCUT2D eigenvalue weighted by molar-refractivity contribution is 9.10. The van der Waals surface area contributed by atoms with Crippen LogP contribution in [0.1, 0.15) is 0 Å². The van der Waals surface area contributed by atoms with Gasteiger partial charge in [0.05, 0.1) is 22.2 Å². The number of carbonyl (C=O) groups excluding carboxylic acids is 1. The summed E-state index contributed by atoms with van der Waals surface area (Å²) in [5.74, 6) is -0.122. The molecule has 0 radical (unpaired) electrons. The van der Waals surface area contributed by atoms with Crippen LogP contribution in [0.4, 0.5) is 17.1 Å². The van der Waals surface area contributed by atoms with Gasteiger partial charge in [-0.3, -0.25) is 19.8 Å². The van der Waals surface area contributed by atoms with Crippen molar-refractivity contribution in [2.75, 3.05) is 42.9 Å². The topological polar surface area (TPSA) is 78.7 Å². The second-order valence-electron chi connectivity index (χ2n) is 6.21. The molecule has 0 unspecified atom stereocenters. The summed E-state index contributed by atoms with van der Waals surface area (Å²) in [4.78, 5) is 27.0. The summed E-state index contributed by atoms with van der Waals surface area (Å²) < 4.78 is 0.850. The Kier molecular flexibility index (Phi) is 6.30. The SMILES string of the molecule is O=C(CN1CCN(c2cccc([N+](=O)[O-])c2)CC1)Nc1ccc(Br)cc1Cl. The fourth-order valence-electron chi connectivity index (χ4n) is 2.95. The summed E-state index contributed by atoms with van der Waals surface area (Å²) in [6.07, 6.45) is 0. The van der Waals surface area contributed by atoms with E-state index in [0.717, 1.165) is 10.2 Å². The number of carbonyl (C=O) groups is 1. The molecule has 1 aliphatic rings. The number of nitrogens with zero attached hydrogens (tertiary/aromatic N) is 3. The summed E-state index contributed by atoms with van der Waals surface area (Å²) in [6.45, 7) is 3.07. The van der Waals surface area contributed by atoms with Crippen LogP contribution in [0.2, 0.25) is 5.02 Å². The summed E-state index contributed by atoms with van der Waals surface area (Å²) in [7, 11) is 0. The van der Waals surface area contributed by atoms with Crippen LogP contribution in [-0.4, -0.2) is 48.5 Å². The number of non-ortho nitro benzene ring substituents is 1. The first kappa shape index (κ1) is 19.6. The van der Waals surface area contributed by atoms with E-state index in [9.17, 15) is 14.9 Å². The molecular weight excluding hydrogens is 436 g/mol. The molecule has 1 saturated heterocycles. The van der Waals surface area contributed by atoms with E-state index >= 15 is 0 Å². The number of piperazine rings is 1. The minimum absolute atomic E-state index is 0.0840. The lowest BCUT2D eigenvalue weighted by Crippen LogP contribution is -2.48. The Hall–Kier alpha value is -2.16. The average Bonchev–Trinajstić information content (AvgIpc) is 2.65. The number of anilines is 2. The van der Waals surface area contributed by atoms with Crippen molar-refractivity contribution in [2.24, 2.45) is 0 Å². The maximum atomic E-state index is 12.3. The third kappa shape index (κ3) is 5.18. The maximum Gasteiger partial charge on any atom is 0.271 e. The monoisotopic (exact) mass is 452 g/mol. The standard InChI is InChI=1S/C18H18BrClN4O3/c19-13-4-5-17(16(20)10-13)21-18(25)12-22-6-8-23(9-7-22)14-2-1-3-15(11-14)24(26)27/h1-5,10-11H,6-9,12H2,(H,21,25). The van der Waals surface area contributed by atoms with E-state index in [0.29, 0.717) is 36.9 Å². The third-order valence-corrected chi connectivity index (χ3v) is 5.16. The van der Waals surface area contributed by atoms with Crippen molar-refractivity contribution in [3.8, 4) is 0 Å². The first-order valence-electron chi connectivity index (χ1n) is 8.39. The van der Waals surface area contributed by atoms with Gasteiger partial charge in [-0.1, -0.05) is 33.6 Å². The molecule has 1 heterocycles. The summed E-state index contributed by atoms with van der Waals surface area (Å²) in [6, 6.07) is 11.9. The largest absolute Gasteiger partial charge is 0.369 e. The van der Waals surface area contributed by atoms with Crippen molar-refractivity contribution in [1.82, 2.24) is 4.90 Å². The molecule has 0 spiro atoms. The molecule has 1 aliphatic heterocycles. The van der Waals surface area contributed by atoms with E-state index in [1.54, 1.807) is 24.3 Å². The van der Waals surface area contributed by atoms with Crippen LogP contribution in [0.5, 0.6) is 0 Å². The van der Waals surface area contributed by atoms with Crippen LogP contribution in [0.3, 0.4) is 0 Å². The minimum Gasteiger partial charge on any atom is -0.369 e. The first-order valence-corrected chi connectivity index (χ1v) is 9.56. The predicted molar refractivity (Wildman–Crippen MR) is 110 cm³/mol. The molecule has 0 aromatic heterocycles. The Morgan fingerprint density at radius 1 is 1.19 bits per heavy atom. The van der Waals surface area contributed by atoms with Crippen LogP contribution >= 0.6 is 27.5 Å².